The lowest BCUT2D eigenvalue weighted by atomic mass is 10.5. The number of rotatable bonds is 2. The summed E-state index contributed by atoms with van der Waals surface area (Å²) in [7, 11) is 3.02. The molecule has 0 fully saturated rings. The van der Waals surface area contributed by atoms with Gasteiger partial charge in [-0.3, -0.25) is 9.63 Å². The monoisotopic (exact) mass is 195 g/mol. The molecule has 1 amide bonds. The van der Waals surface area contributed by atoms with Crippen LogP contribution in [0, 0.1) is 0 Å². The van der Waals surface area contributed by atoms with Gasteiger partial charge < -0.3 is 0 Å². The van der Waals surface area contributed by atoms with Crippen molar-refractivity contribution in [2.45, 2.75) is 11.8 Å². The molecule has 3 nitrogen and oxygen atoms in total. The van der Waals surface area contributed by atoms with Crippen molar-refractivity contribution in [2.75, 3.05) is 14.2 Å². The van der Waals surface area contributed by atoms with Gasteiger partial charge in [0, 0.05) is 7.05 Å². The van der Waals surface area contributed by atoms with Crippen LogP contribution in [-0.4, -0.2) is 30.0 Å². The van der Waals surface area contributed by atoms with Crippen molar-refractivity contribution in [2.24, 2.45) is 0 Å². The lowest BCUT2D eigenvalue weighted by molar-refractivity contribution is -0.167. The van der Waals surface area contributed by atoms with E-state index in [0.29, 0.717) is 0 Å². The molecule has 0 aliphatic carbocycles. The molecular weight excluding hydrogens is 186 g/mol. The Kier molecular flexibility index (Phi) is 3.81. The fourth-order valence-corrected chi connectivity index (χ4v) is 0.629. The Morgan fingerprint density at radius 2 is 2.22 bits per heavy atom. The normalized spacial score (nSPS) is 12.9. The second kappa shape index (κ2) is 3.85. The predicted octanol–water partition coefficient (Wildman–Crippen LogP) is 0.790. The van der Waals surface area contributed by atoms with Crippen LogP contribution in [0.1, 0.15) is 6.92 Å². The van der Waals surface area contributed by atoms with Gasteiger partial charge in [0.2, 0.25) is 0 Å². The number of nitrogens with zero attached hydrogens (tertiary/aromatic N) is 1. The molecule has 0 rings (SSSR count). The van der Waals surface area contributed by atoms with E-state index in [4.69, 9.17) is 0 Å². The maximum Gasteiger partial charge on any atom is 0.259 e. The molecule has 0 aromatic heterocycles. The molecule has 0 N–H and O–H groups in total. The van der Waals surface area contributed by atoms with Crippen LogP contribution in [0.2, 0.25) is 0 Å². The van der Waals surface area contributed by atoms with E-state index < -0.39 is 0 Å². The highest BCUT2D eigenvalue weighted by Crippen LogP contribution is 2.01. The molecule has 0 unspecified atom stereocenters. The van der Waals surface area contributed by atoms with Gasteiger partial charge >= 0.3 is 0 Å². The summed E-state index contributed by atoms with van der Waals surface area (Å²) in [5.74, 6) is -0.0856. The number of carbonyl (C=O) groups excluding carboxylic acids is 1. The van der Waals surface area contributed by atoms with Crippen LogP contribution in [0.3, 0.4) is 0 Å². The standard InChI is InChI=1S/C5H10BrNO2/c1-4(6)5(8)7(2)9-3/h4H,1-3H3/t4-/m0/s1. The van der Waals surface area contributed by atoms with Crippen molar-refractivity contribution < 1.29 is 9.63 Å². The third kappa shape index (κ3) is 2.81. The Bertz CT molecular complexity index is 105. The van der Waals surface area contributed by atoms with Crippen molar-refractivity contribution in [3.8, 4) is 0 Å². The number of hydroxylamine groups is 2. The Hall–Kier alpha value is -0.0900. The van der Waals surface area contributed by atoms with Crippen molar-refractivity contribution in [3.05, 3.63) is 0 Å². The minimum absolute atomic E-state index is 0.0856. The quantitative estimate of drug-likeness (QED) is 0.482. The van der Waals surface area contributed by atoms with Crippen LogP contribution in [0.5, 0.6) is 0 Å². The fourth-order valence-electron chi connectivity index (χ4n) is 0.340. The van der Waals surface area contributed by atoms with E-state index in [1.54, 1.807) is 14.0 Å². The summed E-state index contributed by atoms with van der Waals surface area (Å²) in [6.07, 6.45) is 0. The van der Waals surface area contributed by atoms with Crippen molar-refractivity contribution in [1.29, 1.82) is 0 Å². The summed E-state index contributed by atoms with van der Waals surface area (Å²) >= 11 is 3.11. The first-order chi connectivity index (χ1) is 4.09. The molecule has 0 aliphatic rings. The maximum atomic E-state index is 10.8. The Balaban J connectivity index is 3.73. The minimum Gasteiger partial charge on any atom is -0.275 e. The van der Waals surface area contributed by atoms with Gasteiger partial charge in [0.1, 0.15) is 0 Å². The molecule has 4 heteroatoms. The molecule has 1 atom stereocenters. The lowest BCUT2D eigenvalue weighted by Gasteiger charge is -2.14. The highest BCUT2D eigenvalue weighted by molar-refractivity contribution is 9.10. The summed E-state index contributed by atoms with van der Waals surface area (Å²) in [6, 6.07) is 0. The van der Waals surface area contributed by atoms with E-state index in [1.807, 2.05) is 0 Å². The first kappa shape index (κ1) is 8.91. The van der Waals surface area contributed by atoms with Gasteiger partial charge in [-0.15, -0.1) is 0 Å². The van der Waals surface area contributed by atoms with E-state index in [2.05, 4.69) is 20.8 Å². The highest BCUT2D eigenvalue weighted by Gasteiger charge is 2.12. The topological polar surface area (TPSA) is 29.5 Å². The zero-order chi connectivity index (χ0) is 7.44. The third-order valence-electron chi connectivity index (χ3n) is 0.925. The molecule has 54 valence electrons. The molecule has 0 saturated carbocycles. The summed E-state index contributed by atoms with van der Waals surface area (Å²) in [5, 5.41) is 1.18. The van der Waals surface area contributed by atoms with Crippen LogP contribution in [0.25, 0.3) is 0 Å². The predicted molar refractivity (Wildman–Crippen MR) is 38.2 cm³/mol. The number of halogens is 1. The van der Waals surface area contributed by atoms with Gasteiger partial charge in [0.25, 0.3) is 5.91 Å². The molecule has 9 heavy (non-hydrogen) atoms. The number of carbonyl (C=O) groups is 1. The molecule has 0 radical (unpaired) electrons. The van der Waals surface area contributed by atoms with E-state index in [1.165, 1.54) is 12.2 Å². The average molecular weight is 196 g/mol. The van der Waals surface area contributed by atoms with Gasteiger partial charge in [0.15, 0.2) is 0 Å². The number of amides is 1. The highest BCUT2D eigenvalue weighted by atomic mass is 79.9. The van der Waals surface area contributed by atoms with Crippen LogP contribution in [0.4, 0.5) is 0 Å². The molecule has 0 bridgehead atoms. The summed E-state index contributed by atoms with van der Waals surface area (Å²) < 4.78 is 0. The van der Waals surface area contributed by atoms with Crippen LogP contribution < -0.4 is 0 Å². The Morgan fingerprint density at radius 3 is 2.33 bits per heavy atom. The number of hydrogen-bond donors (Lipinski definition) is 0. The summed E-state index contributed by atoms with van der Waals surface area (Å²) in [4.78, 5) is 15.3. The van der Waals surface area contributed by atoms with Gasteiger partial charge in [-0.05, 0) is 6.92 Å². The summed E-state index contributed by atoms with van der Waals surface area (Å²) in [5.41, 5.74) is 0. The van der Waals surface area contributed by atoms with E-state index >= 15 is 0 Å². The number of hydrogen-bond acceptors (Lipinski definition) is 2. The SMILES string of the molecule is CON(C)C(=O)[C@H](C)Br. The Labute approximate surface area is 63.1 Å². The molecule has 0 aromatic carbocycles. The molecular formula is C5H10BrNO2. The first-order valence-corrected chi connectivity index (χ1v) is 3.47. The van der Waals surface area contributed by atoms with Gasteiger partial charge in [-0.1, -0.05) is 15.9 Å². The van der Waals surface area contributed by atoms with Gasteiger partial charge in [-0.2, -0.15) is 0 Å². The third-order valence-corrected chi connectivity index (χ3v) is 1.32. The van der Waals surface area contributed by atoms with E-state index in [0.717, 1.165) is 0 Å². The van der Waals surface area contributed by atoms with E-state index in [9.17, 15) is 4.79 Å². The van der Waals surface area contributed by atoms with Crippen LogP contribution >= 0.6 is 15.9 Å². The zero-order valence-corrected chi connectivity index (χ0v) is 7.31. The molecule has 0 spiro atoms. The zero-order valence-electron chi connectivity index (χ0n) is 5.72. The maximum absolute atomic E-state index is 10.8. The molecule has 0 heterocycles. The van der Waals surface area contributed by atoms with Crippen LogP contribution in [0.15, 0.2) is 0 Å². The van der Waals surface area contributed by atoms with Crippen molar-refractivity contribution in [3.63, 3.8) is 0 Å². The first-order valence-electron chi connectivity index (χ1n) is 2.55. The smallest absolute Gasteiger partial charge is 0.259 e. The molecule has 0 saturated heterocycles. The van der Waals surface area contributed by atoms with Gasteiger partial charge in [-0.25, -0.2) is 5.06 Å². The lowest BCUT2D eigenvalue weighted by Crippen LogP contribution is -2.30. The average Bonchev–Trinajstić information content (AvgIpc) is 1.84. The molecule has 0 aromatic rings. The van der Waals surface area contributed by atoms with Crippen molar-refractivity contribution >= 4 is 21.8 Å². The van der Waals surface area contributed by atoms with E-state index in [-0.39, 0.29) is 10.7 Å². The minimum atomic E-state index is -0.178. The summed E-state index contributed by atoms with van der Waals surface area (Å²) in [6.45, 7) is 1.75. The number of alkyl halides is 1. The van der Waals surface area contributed by atoms with Gasteiger partial charge in [0.05, 0.1) is 11.9 Å². The van der Waals surface area contributed by atoms with Crippen LogP contribution in [-0.2, 0) is 9.63 Å². The largest absolute Gasteiger partial charge is 0.275 e. The second-order valence-corrected chi connectivity index (χ2v) is 3.01. The second-order valence-electron chi connectivity index (χ2n) is 1.63. The van der Waals surface area contributed by atoms with Crippen molar-refractivity contribution in [1.82, 2.24) is 5.06 Å². The fraction of sp³-hybridized carbons (Fsp3) is 0.800. The molecule has 0 aliphatic heterocycles. The Morgan fingerprint density at radius 1 is 1.78 bits per heavy atom.